The van der Waals surface area contributed by atoms with E-state index >= 15 is 0 Å². The molecule has 3 heterocycles. The Kier molecular flexibility index (Phi) is 6.07. The molecule has 9 heteroatoms. The maximum atomic E-state index is 13.0. The third-order valence-electron chi connectivity index (χ3n) is 4.91. The summed E-state index contributed by atoms with van der Waals surface area (Å²) < 4.78 is 23.9. The van der Waals surface area contributed by atoms with Gasteiger partial charge in [0, 0.05) is 11.8 Å². The number of pyridine rings is 1. The monoisotopic (exact) mass is 436 g/mol. The minimum absolute atomic E-state index is 0.0330. The molecule has 0 bridgehead atoms. The highest BCUT2D eigenvalue weighted by Crippen LogP contribution is 2.33. The number of fused-ring (bicyclic) bond motifs is 1. The van der Waals surface area contributed by atoms with Gasteiger partial charge in [0.15, 0.2) is 11.5 Å². The van der Waals surface area contributed by atoms with Gasteiger partial charge in [0.2, 0.25) is 5.89 Å². The molecule has 4 rings (SSSR count). The van der Waals surface area contributed by atoms with Crippen LogP contribution in [0.3, 0.4) is 0 Å². The van der Waals surface area contributed by atoms with E-state index in [2.05, 4.69) is 15.0 Å². The van der Waals surface area contributed by atoms with E-state index < -0.39 is 0 Å². The number of methoxy groups -OCH3 is 1. The summed E-state index contributed by atoms with van der Waals surface area (Å²) in [6.07, 6.45) is 3.22. The molecule has 4 aromatic rings. The van der Waals surface area contributed by atoms with Crippen molar-refractivity contribution >= 4 is 11.0 Å². The van der Waals surface area contributed by atoms with Crippen molar-refractivity contribution < 1.29 is 18.6 Å². The van der Waals surface area contributed by atoms with E-state index in [1.165, 1.54) is 0 Å². The van der Waals surface area contributed by atoms with Crippen LogP contribution in [0.5, 0.6) is 17.4 Å². The smallest absolute Gasteiger partial charge is 0.314 e. The molecule has 0 fully saturated rings. The van der Waals surface area contributed by atoms with E-state index in [9.17, 15) is 4.79 Å². The fourth-order valence-corrected chi connectivity index (χ4v) is 3.39. The molecule has 0 saturated heterocycles. The van der Waals surface area contributed by atoms with Crippen molar-refractivity contribution in [3.8, 4) is 28.8 Å². The number of oxazole rings is 1. The van der Waals surface area contributed by atoms with Gasteiger partial charge >= 0.3 is 5.56 Å². The van der Waals surface area contributed by atoms with Crippen LogP contribution >= 0.6 is 0 Å². The third kappa shape index (κ3) is 4.01. The molecule has 0 radical (unpaired) electrons. The number of ether oxygens (including phenoxy) is 3. The molecule has 0 aliphatic carbocycles. The Labute approximate surface area is 184 Å². The van der Waals surface area contributed by atoms with Crippen LogP contribution in [0.1, 0.15) is 25.3 Å². The third-order valence-corrected chi connectivity index (χ3v) is 4.91. The van der Waals surface area contributed by atoms with Crippen LogP contribution in [0.15, 0.2) is 45.9 Å². The van der Waals surface area contributed by atoms with Gasteiger partial charge < -0.3 is 18.6 Å². The molecule has 0 aliphatic rings. The maximum Gasteiger partial charge on any atom is 0.314 e. The summed E-state index contributed by atoms with van der Waals surface area (Å²) in [6.45, 7) is 6.60. The van der Waals surface area contributed by atoms with Crippen molar-refractivity contribution in [2.45, 2.75) is 27.3 Å². The highest BCUT2D eigenvalue weighted by Gasteiger charge is 2.18. The lowest BCUT2D eigenvalue weighted by Crippen LogP contribution is -2.25. The minimum Gasteiger partial charge on any atom is -0.493 e. The molecule has 1 aromatic carbocycles. The zero-order valence-electron chi connectivity index (χ0n) is 18.4. The van der Waals surface area contributed by atoms with Crippen molar-refractivity contribution in [2.24, 2.45) is 0 Å². The van der Waals surface area contributed by atoms with Crippen LogP contribution in [0.25, 0.3) is 22.5 Å². The van der Waals surface area contributed by atoms with Crippen LogP contribution < -0.4 is 19.8 Å². The Hall–Kier alpha value is -3.88. The zero-order chi connectivity index (χ0) is 22.7. The van der Waals surface area contributed by atoms with Gasteiger partial charge in [-0.25, -0.2) is 9.97 Å². The molecule has 0 aliphatic heterocycles. The highest BCUT2D eigenvalue weighted by atomic mass is 16.5. The first-order chi connectivity index (χ1) is 15.5. The van der Waals surface area contributed by atoms with E-state index in [0.717, 1.165) is 5.56 Å². The number of rotatable bonds is 8. The fourth-order valence-electron chi connectivity index (χ4n) is 3.39. The Balaban J connectivity index is 1.74. The van der Waals surface area contributed by atoms with E-state index in [-0.39, 0.29) is 18.0 Å². The molecule has 3 aromatic heterocycles. The molecule has 0 N–H and O–H groups in total. The Morgan fingerprint density at radius 1 is 1.06 bits per heavy atom. The van der Waals surface area contributed by atoms with Crippen molar-refractivity contribution in [1.29, 1.82) is 0 Å². The van der Waals surface area contributed by atoms with E-state index in [1.54, 1.807) is 37.1 Å². The second kappa shape index (κ2) is 9.09. The van der Waals surface area contributed by atoms with E-state index in [0.29, 0.717) is 53.1 Å². The summed E-state index contributed by atoms with van der Waals surface area (Å²) in [7, 11) is 1.58. The highest BCUT2D eigenvalue weighted by molar-refractivity contribution is 5.74. The van der Waals surface area contributed by atoms with Gasteiger partial charge in [0.1, 0.15) is 17.0 Å². The van der Waals surface area contributed by atoms with Gasteiger partial charge in [0.05, 0.1) is 38.6 Å². The molecule has 0 saturated carbocycles. The molecule has 0 unspecified atom stereocenters. The standard InChI is InChI=1S/C23H24N4O5/c1-5-30-19-8-7-15(11-20(19)29-4)21-26-17(14(3)32-21)13-27-18-9-10-24-12-16(18)25-22(23(27)28)31-6-2/h7-12H,5-6,13H2,1-4H3. The summed E-state index contributed by atoms with van der Waals surface area (Å²) in [5.41, 5.74) is 2.23. The summed E-state index contributed by atoms with van der Waals surface area (Å²) in [5, 5.41) is 0. The fraction of sp³-hybridized carbons (Fsp3) is 0.304. The first-order valence-corrected chi connectivity index (χ1v) is 10.3. The zero-order valence-corrected chi connectivity index (χ0v) is 18.4. The molecule has 166 valence electrons. The van der Waals surface area contributed by atoms with Gasteiger partial charge in [0.25, 0.3) is 5.88 Å². The molecular formula is C23H24N4O5. The normalized spacial score (nSPS) is 11.0. The van der Waals surface area contributed by atoms with Gasteiger partial charge in [-0.3, -0.25) is 14.3 Å². The van der Waals surface area contributed by atoms with Gasteiger partial charge in [-0.15, -0.1) is 0 Å². The first kappa shape index (κ1) is 21.4. The van der Waals surface area contributed by atoms with Crippen molar-refractivity contribution in [2.75, 3.05) is 20.3 Å². The lowest BCUT2D eigenvalue weighted by Gasteiger charge is -2.11. The van der Waals surface area contributed by atoms with Gasteiger partial charge in [-0.05, 0) is 45.0 Å². The molecule has 9 nitrogen and oxygen atoms in total. The average Bonchev–Trinajstić information content (AvgIpc) is 3.17. The van der Waals surface area contributed by atoms with Crippen LogP contribution in [-0.4, -0.2) is 39.8 Å². The van der Waals surface area contributed by atoms with Crippen LogP contribution in [0.4, 0.5) is 0 Å². The van der Waals surface area contributed by atoms with Crippen molar-refractivity contribution in [3.63, 3.8) is 0 Å². The van der Waals surface area contributed by atoms with E-state index in [1.807, 2.05) is 32.0 Å². The van der Waals surface area contributed by atoms with Crippen LogP contribution in [0, 0.1) is 6.92 Å². The number of aryl methyl sites for hydroxylation is 1. The van der Waals surface area contributed by atoms with Crippen LogP contribution in [-0.2, 0) is 6.54 Å². The number of hydrogen-bond donors (Lipinski definition) is 0. The second-order valence-corrected chi connectivity index (χ2v) is 6.93. The number of aromatic nitrogens is 4. The molecule has 0 atom stereocenters. The molecule has 32 heavy (non-hydrogen) atoms. The SMILES string of the molecule is CCOc1ccc(-c2nc(Cn3c(=O)c(OCC)nc4cnccc43)c(C)o2)cc1OC. The van der Waals surface area contributed by atoms with Crippen LogP contribution in [0.2, 0.25) is 0 Å². The number of benzene rings is 1. The first-order valence-electron chi connectivity index (χ1n) is 10.3. The summed E-state index contributed by atoms with van der Waals surface area (Å²) in [4.78, 5) is 26.1. The summed E-state index contributed by atoms with van der Waals surface area (Å²) >= 11 is 0. The maximum absolute atomic E-state index is 13.0. The Morgan fingerprint density at radius 2 is 1.88 bits per heavy atom. The number of nitrogens with zero attached hydrogens (tertiary/aromatic N) is 4. The molecular weight excluding hydrogens is 412 g/mol. The lowest BCUT2D eigenvalue weighted by molar-refractivity contribution is 0.311. The predicted molar refractivity (Wildman–Crippen MR) is 118 cm³/mol. The average molecular weight is 436 g/mol. The quantitative estimate of drug-likeness (QED) is 0.413. The van der Waals surface area contributed by atoms with Gasteiger partial charge in [-0.1, -0.05) is 0 Å². The van der Waals surface area contributed by atoms with E-state index in [4.69, 9.17) is 18.6 Å². The lowest BCUT2D eigenvalue weighted by atomic mass is 10.2. The predicted octanol–water partition coefficient (Wildman–Crippen LogP) is 3.61. The number of hydrogen-bond acceptors (Lipinski definition) is 8. The molecule has 0 amide bonds. The Morgan fingerprint density at radius 3 is 2.62 bits per heavy atom. The minimum atomic E-state index is -0.336. The Bertz CT molecular complexity index is 1310. The van der Waals surface area contributed by atoms with Crippen molar-refractivity contribution in [1.82, 2.24) is 19.5 Å². The second-order valence-electron chi connectivity index (χ2n) is 6.93. The summed E-state index contributed by atoms with van der Waals surface area (Å²) in [5.74, 6) is 2.31. The van der Waals surface area contributed by atoms with Gasteiger partial charge in [-0.2, -0.15) is 0 Å². The summed E-state index contributed by atoms with van der Waals surface area (Å²) in [6, 6.07) is 7.23. The molecule has 0 spiro atoms. The topological polar surface area (TPSA) is 102 Å². The van der Waals surface area contributed by atoms with Crippen molar-refractivity contribution in [3.05, 3.63) is 58.5 Å². The largest absolute Gasteiger partial charge is 0.493 e.